The molecular formula is C17H16N2O. The zero-order valence-electron chi connectivity index (χ0n) is 11.2. The third kappa shape index (κ3) is 2.62. The van der Waals surface area contributed by atoms with Crippen molar-refractivity contribution in [2.24, 2.45) is 0 Å². The second-order valence-corrected chi connectivity index (χ2v) is 4.84. The molecule has 1 amide bonds. The Balaban J connectivity index is 1.80. The number of benzene rings is 1. The molecule has 2 aromatic rings. The topological polar surface area (TPSA) is 33.2 Å². The van der Waals surface area contributed by atoms with Crippen molar-refractivity contribution in [2.75, 3.05) is 11.4 Å². The van der Waals surface area contributed by atoms with Crippen molar-refractivity contribution in [3.05, 3.63) is 66.0 Å². The number of nitrogens with zero attached hydrogens (tertiary/aromatic N) is 2. The van der Waals surface area contributed by atoms with E-state index in [2.05, 4.69) is 11.1 Å². The highest BCUT2D eigenvalue weighted by atomic mass is 16.2. The summed E-state index contributed by atoms with van der Waals surface area (Å²) < 4.78 is 0. The quantitative estimate of drug-likeness (QED) is 0.781. The van der Waals surface area contributed by atoms with Gasteiger partial charge in [0.15, 0.2) is 0 Å². The van der Waals surface area contributed by atoms with Gasteiger partial charge >= 0.3 is 0 Å². The number of amides is 1. The van der Waals surface area contributed by atoms with Gasteiger partial charge in [0.25, 0.3) is 5.91 Å². The lowest BCUT2D eigenvalue weighted by atomic mass is 10.0. The number of aryl methyl sites for hydroxylation is 1. The highest BCUT2D eigenvalue weighted by Gasteiger charge is 2.20. The van der Waals surface area contributed by atoms with Crippen LogP contribution in [0.4, 0.5) is 5.69 Å². The lowest BCUT2D eigenvalue weighted by molar-refractivity contribution is -0.114. The lowest BCUT2D eigenvalue weighted by Gasteiger charge is -2.28. The molecule has 1 aliphatic heterocycles. The van der Waals surface area contributed by atoms with Crippen LogP contribution < -0.4 is 4.90 Å². The van der Waals surface area contributed by atoms with Gasteiger partial charge < -0.3 is 4.90 Å². The summed E-state index contributed by atoms with van der Waals surface area (Å²) in [6, 6.07) is 11.9. The van der Waals surface area contributed by atoms with Crippen LogP contribution in [0.15, 0.2) is 54.9 Å². The number of para-hydroxylation sites is 1. The van der Waals surface area contributed by atoms with E-state index in [-0.39, 0.29) is 5.91 Å². The summed E-state index contributed by atoms with van der Waals surface area (Å²) in [5, 5.41) is 0. The van der Waals surface area contributed by atoms with E-state index in [4.69, 9.17) is 0 Å². The van der Waals surface area contributed by atoms with Gasteiger partial charge in [0, 0.05) is 30.7 Å². The Morgan fingerprint density at radius 3 is 2.95 bits per heavy atom. The van der Waals surface area contributed by atoms with Crippen LogP contribution in [-0.4, -0.2) is 17.4 Å². The number of fused-ring (bicyclic) bond motifs is 1. The van der Waals surface area contributed by atoms with Crippen LogP contribution in [0.1, 0.15) is 17.5 Å². The van der Waals surface area contributed by atoms with Gasteiger partial charge in [0.1, 0.15) is 0 Å². The van der Waals surface area contributed by atoms with Gasteiger partial charge in [-0.2, -0.15) is 0 Å². The van der Waals surface area contributed by atoms with E-state index >= 15 is 0 Å². The first-order valence-electron chi connectivity index (χ1n) is 6.82. The monoisotopic (exact) mass is 264 g/mol. The number of hydrogen-bond acceptors (Lipinski definition) is 2. The van der Waals surface area contributed by atoms with Crippen LogP contribution in [0.25, 0.3) is 6.08 Å². The number of pyridine rings is 1. The minimum Gasteiger partial charge on any atom is -0.309 e. The van der Waals surface area contributed by atoms with E-state index in [0.29, 0.717) is 0 Å². The van der Waals surface area contributed by atoms with E-state index in [1.807, 2.05) is 41.3 Å². The van der Waals surface area contributed by atoms with Gasteiger partial charge in [0.2, 0.25) is 0 Å². The number of hydrogen-bond donors (Lipinski definition) is 0. The molecule has 2 heterocycles. The van der Waals surface area contributed by atoms with Gasteiger partial charge in [-0.3, -0.25) is 9.78 Å². The number of anilines is 1. The van der Waals surface area contributed by atoms with Crippen molar-refractivity contribution in [1.29, 1.82) is 0 Å². The fraction of sp³-hybridized carbons (Fsp3) is 0.176. The van der Waals surface area contributed by atoms with Gasteiger partial charge in [-0.15, -0.1) is 0 Å². The molecule has 0 aliphatic carbocycles. The molecule has 0 saturated carbocycles. The van der Waals surface area contributed by atoms with E-state index in [0.717, 1.165) is 30.6 Å². The van der Waals surface area contributed by atoms with E-state index in [1.165, 1.54) is 5.56 Å². The summed E-state index contributed by atoms with van der Waals surface area (Å²) in [5.41, 5.74) is 3.23. The maximum atomic E-state index is 12.4. The highest BCUT2D eigenvalue weighted by molar-refractivity contribution is 6.04. The standard InChI is InChI=1S/C17H16N2O/c20-17(10-9-14-5-3-11-18-13-14)19-12-4-7-15-6-1-2-8-16(15)19/h1-3,5-6,8-11,13H,4,7,12H2/b10-9-. The number of rotatable bonds is 2. The fourth-order valence-electron chi connectivity index (χ4n) is 2.49. The molecule has 1 aromatic carbocycles. The van der Waals surface area contributed by atoms with Crippen molar-refractivity contribution < 1.29 is 4.79 Å². The van der Waals surface area contributed by atoms with E-state index in [9.17, 15) is 4.79 Å². The molecule has 3 nitrogen and oxygen atoms in total. The first-order chi connectivity index (χ1) is 9.84. The van der Waals surface area contributed by atoms with Crippen LogP contribution in [0, 0.1) is 0 Å². The first-order valence-corrected chi connectivity index (χ1v) is 6.82. The zero-order valence-corrected chi connectivity index (χ0v) is 11.2. The summed E-state index contributed by atoms with van der Waals surface area (Å²) in [7, 11) is 0. The van der Waals surface area contributed by atoms with Crippen LogP contribution in [0.3, 0.4) is 0 Å². The number of aromatic nitrogens is 1. The molecule has 1 aromatic heterocycles. The molecule has 0 bridgehead atoms. The van der Waals surface area contributed by atoms with Gasteiger partial charge in [-0.25, -0.2) is 0 Å². The Bertz CT molecular complexity index is 634. The largest absolute Gasteiger partial charge is 0.309 e. The summed E-state index contributed by atoms with van der Waals surface area (Å²) in [4.78, 5) is 18.2. The molecule has 0 unspecified atom stereocenters. The maximum Gasteiger partial charge on any atom is 0.250 e. The Hall–Kier alpha value is -2.42. The first kappa shape index (κ1) is 12.6. The Morgan fingerprint density at radius 2 is 2.10 bits per heavy atom. The van der Waals surface area contributed by atoms with E-state index < -0.39 is 0 Å². The summed E-state index contributed by atoms with van der Waals surface area (Å²) >= 11 is 0. The van der Waals surface area contributed by atoms with Crippen LogP contribution in [0.5, 0.6) is 0 Å². The molecule has 0 atom stereocenters. The Morgan fingerprint density at radius 1 is 1.20 bits per heavy atom. The molecule has 20 heavy (non-hydrogen) atoms. The average Bonchev–Trinajstić information content (AvgIpc) is 2.53. The lowest BCUT2D eigenvalue weighted by Crippen LogP contribution is -2.34. The van der Waals surface area contributed by atoms with Gasteiger partial charge in [-0.1, -0.05) is 24.3 Å². The Kier molecular flexibility index (Phi) is 3.59. The third-order valence-electron chi connectivity index (χ3n) is 3.48. The van der Waals surface area contributed by atoms with Crippen molar-refractivity contribution >= 4 is 17.7 Å². The van der Waals surface area contributed by atoms with Crippen LogP contribution in [0.2, 0.25) is 0 Å². The molecule has 1 aliphatic rings. The minimum absolute atomic E-state index is 0.0287. The molecular weight excluding hydrogens is 248 g/mol. The van der Waals surface area contributed by atoms with Crippen molar-refractivity contribution in [3.63, 3.8) is 0 Å². The summed E-state index contributed by atoms with van der Waals surface area (Å²) in [6.07, 6.45) is 8.97. The Labute approximate surface area is 118 Å². The molecule has 3 rings (SSSR count). The van der Waals surface area contributed by atoms with Gasteiger partial charge in [-0.05, 0) is 42.2 Å². The predicted octanol–water partition coefficient (Wildman–Crippen LogP) is 3.07. The number of carbonyl (C=O) groups excluding carboxylic acids is 1. The number of carbonyl (C=O) groups is 1. The molecule has 0 fully saturated rings. The normalized spacial score (nSPS) is 14.3. The van der Waals surface area contributed by atoms with Crippen LogP contribution in [-0.2, 0) is 11.2 Å². The third-order valence-corrected chi connectivity index (χ3v) is 3.48. The van der Waals surface area contributed by atoms with Gasteiger partial charge in [0.05, 0.1) is 0 Å². The molecule has 0 N–H and O–H groups in total. The maximum absolute atomic E-state index is 12.4. The van der Waals surface area contributed by atoms with Crippen LogP contribution >= 0.6 is 0 Å². The predicted molar refractivity (Wildman–Crippen MR) is 80.4 cm³/mol. The zero-order chi connectivity index (χ0) is 13.8. The molecule has 0 saturated heterocycles. The van der Waals surface area contributed by atoms with E-state index in [1.54, 1.807) is 18.5 Å². The van der Waals surface area contributed by atoms with Crippen molar-refractivity contribution in [2.45, 2.75) is 12.8 Å². The SMILES string of the molecule is O=C(/C=C\c1cccnc1)N1CCCc2ccccc21. The second kappa shape index (κ2) is 5.70. The second-order valence-electron chi connectivity index (χ2n) is 4.84. The molecule has 0 spiro atoms. The minimum atomic E-state index is 0.0287. The molecule has 100 valence electrons. The smallest absolute Gasteiger partial charge is 0.250 e. The molecule has 0 radical (unpaired) electrons. The highest BCUT2D eigenvalue weighted by Crippen LogP contribution is 2.26. The molecule has 3 heteroatoms. The average molecular weight is 264 g/mol. The summed E-state index contributed by atoms with van der Waals surface area (Å²) in [6.45, 7) is 0.785. The van der Waals surface area contributed by atoms with Crippen molar-refractivity contribution in [3.8, 4) is 0 Å². The summed E-state index contributed by atoms with van der Waals surface area (Å²) in [5.74, 6) is 0.0287. The fourth-order valence-corrected chi connectivity index (χ4v) is 2.49. The van der Waals surface area contributed by atoms with Crippen molar-refractivity contribution in [1.82, 2.24) is 4.98 Å².